The van der Waals surface area contributed by atoms with E-state index in [0.717, 1.165) is 61.8 Å². The van der Waals surface area contributed by atoms with E-state index in [1.165, 1.54) is 0 Å². The van der Waals surface area contributed by atoms with Gasteiger partial charge in [0.1, 0.15) is 0 Å². The lowest BCUT2D eigenvalue weighted by Crippen LogP contribution is -2.54. The molecular weight excluding hydrogens is 338 g/mol. The third kappa shape index (κ3) is 3.94. The van der Waals surface area contributed by atoms with Crippen LogP contribution in [0.3, 0.4) is 0 Å². The van der Waals surface area contributed by atoms with Crippen LogP contribution in [-0.2, 0) is 11.3 Å². The molecule has 4 heterocycles. The van der Waals surface area contributed by atoms with Crippen molar-refractivity contribution in [1.29, 1.82) is 0 Å². The highest BCUT2D eigenvalue weighted by Crippen LogP contribution is 2.40. The molecule has 2 aromatic rings. The number of carbonyl (C=O) groups excluding carboxylic acids is 1. The molecule has 142 valence electrons. The summed E-state index contributed by atoms with van der Waals surface area (Å²) >= 11 is 0. The summed E-state index contributed by atoms with van der Waals surface area (Å²) in [5.74, 6) is 1.10. The largest absolute Gasteiger partial charge is 0.340 e. The van der Waals surface area contributed by atoms with Gasteiger partial charge in [-0.15, -0.1) is 0 Å². The van der Waals surface area contributed by atoms with Crippen LogP contribution < -0.4 is 4.90 Å². The summed E-state index contributed by atoms with van der Waals surface area (Å²) < 4.78 is 0. The zero-order chi connectivity index (χ0) is 18.9. The van der Waals surface area contributed by atoms with Gasteiger partial charge in [0.15, 0.2) is 0 Å². The summed E-state index contributed by atoms with van der Waals surface area (Å²) in [5.41, 5.74) is 3.30. The van der Waals surface area contributed by atoms with Gasteiger partial charge in [-0.1, -0.05) is 0 Å². The number of piperidine rings is 2. The minimum absolute atomic E-state index is 0.139. The molecule has 1 amide bonds. The van der Waals surface area contributed by atoms with Gasteiger partial charge in [0.2, 0.25) is 11.9 Å². The SMILES string of the molecule is Cc1cc(C)nc(N2CCC[C@@]3(CCC(=O)N(Cc4ccncc4)C3)C2)n1. The molecule has 1 spiro atoms. The minimum Gasteiger partial charge on any atom is -0.340 e. The van der Waals surface area contributed by atoms with Crippen molar-refractivity contribution in [2.75, 3.05) is 24.5 Å². The topological polar surface area (TPSA) is 62.2 Å². The Kier molecular flexibility index (Phi) is 4.81. The predicted molar refractivity (Wildman–Crippen MR) is 104 cm³/mol. The molecule has 0 N–H and O–H groups in total. The van der Waals surface area contributed by atoms with Crippen molar-refractivity contribution in [3.63, 3.8) is 0 Å². The molecule has 6 nitrogen and oxygen atoms in total. The molecule has 0 radical (unpaired) electrons. The lowest BCUT2D eigenvalue weighted by molar-refractivity contribution is -0.138. The van der Waals surface area contributed by atoms with Crippen LogP contribution in [0, 0.1) is 19.3 Å². The third-order valence-corrected chi connectivity index (χ3v) is 5.79. The van der Waals surface area contributed by atoms with Crippen molar-refractivity contribution < 1.29 is 4.79 Å². The molecular formula is C21H27N5O. The second-order valence-electron chi connectivity index (χ2n) is 8.08. The van der Waals surface area contributed by atoms with E-state index in [9.17, 15) is 4.79 Å². The predicted octanol–water partition coefficient (Wildman–Crippen LogP) is 2.90. The van der Waals surface area contributed by atoms with E-state index in [2.05, 4.69) is 19.9 Å². The number of likely N-dealkylation sites (tertiary alicyclic amines) is 1. The van der Waals surface area contributed by atoms with Crippen LogP contribution in [0.25, 0.3) is 0 Å². The molecule has 2 aliphatic rings. The Bertz CT molecular complexity index is 804. The fourth-order valence-electron chi connectivity index (χ4n) is 4.52. The zero-order valence-electron chi connectivity index (χ0n) is 16.2. The number of aromatic nitrogens is 3. The van der Waals surface area contributed by atoms with Crippen LogP contribution in [-0.4, -0.2) is 45.4 Å². The van der Waals surface area contributed by atoms with Gasteiger partial charge in [-0.25, -0.2) is 9.97 Å². The first-order chi connectivity index (χ1) is 13.0. The van der Waals surface area contributed by atoms with Crippen LogP contribution in [0.15, 0.2) is 30.6 Å². The quantitative estimate of drug-likeness (QED) is 0.837. The molecule has 2 aliphatic heterocycles. The Morgan fingerprint density at radius 3 is 2.56 bits per heavy atom. The standard InChI is InChI=1S/C21H27N5O/c1-16-12-17(2)24-20(23-16)25-11-3-7-21(14-25)8-4-19(27)26(15-21)13-18-5-9-22-10-6-18/h5-6,9-10,12H,3-4,7-8,11,13-15H2,1-2H3/t21-/m1/s1. The lowest BCUT2D eigenvalue weighted by Gasteiger charge is -2.48. The summed E-state index contributed by atoms with van der Waals surface area (Å²) in [6, 6.07) is 6.00. The van der Waals surface area contributed by atoms with Gasteiger partial charge in [-0.3, -0.25) is 9.78 Å². The van der Waals surface area contributed by atoms with Gasteiger partial charge < -0.3 is 9.80 Å². The van der Waals surface area contributed by atoms with E-state index in [1.54, 1.807) is 12.4 Å². The van der Waals surface area contributed by atoms with Gasteiger partial charge in [0.05, 0.1) is 0 Å². The number of pyridine rings is 1. The van der Waals surface area contributed by atoms with Gasteiger partial charge in [0.25, 0.3) is 0 Å². The molecule has 0 saturated carbocycles. The Labute approximate surface area is 160 Å². The maximum absolute atomic E-state index is 12.5. The van der Waals surface area contributed by atoms with Gasteiger partial charge in [0, 0.05) is 61.8 Å². The Morgan fingerprint density at radius 2 is 1.81 bits per heavy atom. The number of rotatable bonds is 3. The van der Waals surface area contributed by atoms with Crippen LogP contribution >= 0.6 is 0 Å². The highest BCUT2D eigenvalue weighted by molar-refractivity contribution is 5.77. The monoisotopic (exact) mass is 365 g/mol. The molecule has 4 rings (SSSR count). The van der Waals surface area contributed by atoms with E-state index in [4.69, 9.17) is 0 Å². The number of aryl methyl sites for hydroxylation is 2. The molecule has 0 aliphatic carbocycles. The highest BCUT2D eigenvalue weighted by Gasteiger charge is 2.42. The van der Waals surface area contributed by atoms with Crippen LogP contribution in [0.4, 0.5) is 5.95 Å². The molecule has 0 unspecified atom stereocenters. The maximum atomic E-state index is 12.5. The summed E-state index contributed by atoms with van der Waals surface area (Å²) in [7, 11) is 0. The number of nitrogens with zero attached hydrogens (tertiary/aromatic N) is 5. The fraction of sp³-hybridized carbons (Fsp3) is 0.524. The Morgan fingerprint density at radius 1 is 1.07 bits per heavy atom. The van der Waals surface area contributed by atoms with E-state index in [1.807, 2.05) is 36.9 Å². The van der Waals surface area contributed by atoms with Gasteiger partial charge in [-0.2, -0.15) is 0 Å². The first-order valence-corrected chi connectivity index (χ1v) is 9.77. The molecule has 27 heavy (non-hydrogen) atoms. The number of amides is 1. The molecule has 2 aromatic heterocycles. The lowest BCUT2D eigenvalue weighted by atomic mass is 9.73. The van der Waals surface area contributed by atoms with E-state index < -0.39 is 0 Å². The zero-order valence-corrected chi connectivity index (χ0v) is 16.2. The molecule has 0 bridgehead atoms. The van der Waals surface area contributed by atoms with Crippen molar-refractivity contribution in [3.8, 4) is 0 Å². The first-order valence-electron chi connectivity index (χ1n) is 9.77. The van der Waals surface area contributed by atoms with E-state index in [0.29, 0.717) is 13.0 Å². The van der Waals surface area contributed by atoms with E-state index >= 15 is 0 Å². The number of hydrogen-bond acceptors (Lipinski definition) is 5. The number of hydrogen-bond donors (Lipinski definition) is 0. The van der Waals surface area contributed by atoms with Crippen LogP contribution in [0.2, 0.25) is 0 Å². The highest BCUT2D eigenvalue weighted by atomic mass is 16.2. The fourth-order valence-corrected chi connectivity index (χ4v) is 4.52. The maximum Gasteiger partial charge on any atom is 0.225 e. The molecule has 0 aromatic carbocycles. The average molecular weight is 365 g/mol. The number of carbonyl (C=O) groups is 1. The minimum atomic E-state index is 0.139. The van der Waals surface area contributed by atoms with Crippen LogP contribution in [0.5, 0.6) is 0 Å². The summed E-state index contributed by atoms with van der Waals surface area (Å²) in [5, 5.41) is 0. The molecule has 2 saturated heterocycles. The number of anilines is 1. The van der Waals surface area contributed by atoms with Crippen LogP contribution in [0.1, 0.15) is 42.6 Å². The Balaban J connectivity index is 1.52. The van der Waals surface area contributed by atoms with Crippen molar-refractivity contribution >= 4 is 11.9 Å². The van der Waals surface area contributed by atoms with Crippen molar-refractivity contribution in [3.05, 3.63) is 47.5 Å². The smallest absolute Gasteiger partial charge is 0.225 e. The third-order valence-electron chi connectivity index (χ3n) is 5.79. The van der Waals surface area contributed by atoms with E-state index in [-0.39, 0.29) is 11.3 Å². The second kappa shape index (κ2) is 7.25. The van der Waals surface area contributed by atoms with Crippen molar-refractivity contribution in [2.45, 2.75) is 46.1 Å². The second-order valence-corrected chi connectivity index (χ2v) is 8.08. The molecule has 1 atom stereocenters. The van der Waals surface area contributed by atoms with Gasteiger partial charge >= 0.3 is 0 Å². The summed E-state index contributed by atoms with van der Waals surface area (Å²) in [6.45, 7) is 7.44. The average Bonchev–Trinajstić information content (AvgIpc) is 2.65. The first kappa shape index (κ1) is 17.9. The van der Waals surface area contributed by atoms with Crippen molar-refractivity contribution in [2.24, 2.45) is 5.41 Å². The summed E-state index contributed by atoms with van der Waals surface area (Å²) in [6.07, 6.45) is 7.45. The Hall–Kier alpha value is -2.50. The van der Waals surface area contributed by atoms with Crippen molar-refractivity contribution in [1.82, 2.24) is 19.9 Å². The molecule has 6 heteroatoms. The normalized spacial score (nSPS) is 23.1. The summed E-state index contributed by atoms with van der Waals surface area (Å²) in [4.78, 5) is 30.3. The van der Waals surface area contributed by atoms with Gasteiger partial charge in [-0.05, 0) is 56.9 Å². The molecule has 2 fully saturated rings.